The van der Waals surface area contributed by atoms with Gasteiger partial charge in [-0.25, -0.2) is 0 Å². The summed E-state index contributed by atoms with van der Waals surface area (Å²) in [5, 5.41) is 20.9. The highest BCUT2D eigenvalue weighted by Gasteiger charge is 2.17. The molecule has 0 unspecified atom stereocenters. The number of aliphatic hydroxyl groups is 1. The van der Waals surface area contributed by atoms with Gasteiger partial charge in [0.05, 0.1) is 17.6 Å². The number of amides is 2. The van der Waals surface area contributed by atoms with E-state index in [1.165, 1.54) is 12.1 Å². The van der Waals surface area contributed by atoms with E-state index < -0.39 is 11.8 Å². The van der Waals surface area contributed by atoms with Gasteiger partial charge in [-0.1, -0.05) is 30.3 Å². The van der Waals surface area contributed by atoms with E-state index >= 15 is 0 Å². The topological polar surface area (TPSA) is 117 Å². The molecule has 0 bridgehead atoms. The molecule has 1 aromatic heterocycles. The zero-order chi connectivity index (χ0) is 19.4. The Morgan fingerprint density at radius 2 is 1.78 bits per heavy atom. The number of hydrogen-bond donors (Lipinski definition) is 3. The number of pyridine rings is 1. The Balaban J connectivity index is 1.85. The molecule has 2 amide bonds. The average molecular weight is 365 g/mol. The van der Waals surface area contributed by atoms with Gasteiger partial charge in [0.1, 0.15) is 0 Å². The maximum Gasteiger partial charge on any atom is 0.255 e. The van der Waals surface area contributed by atoms with Crippen molar-refractivity contribution in [1.82, 2.24) is 4.98 Å². The summed E-state index contributed by atoms with van der Waals surface area (Å²) < 4.78 is 0. The van der Waals surface area contributed by atoms with Crippen molar-refractivity contribution in [2.75, 3.05) is 11.7 Å². The normalized spacial score (nSPS) is 10.7. The van der Waals surface area contributed by atoms with Crippen molar-refractivity contribution in [2.45, 2.75) is 12.8 Å². The maximum absolute atomic E-state index is 12.5. The second-order valence-corrected chi connectivity index (χ2v) is 6.07. The van der Waals surface area contributed by atoms with Gasteiger partial charge in [-0.15, -0.1) is 0 Å². The Morgan fingerprint density at radius 1 is 1.04 bits per heavy atom. The van der Waals surface area contributed by atoms with E-state index in [-0.39, 0.29) is 18.7 Å². The highest BCUT2D eigenvalue weighted by molar-refractivity contribution is 6.01. The summed E-state index contributed by atoms with van der Waals surface area (Å²) in [6.45, 7) is -0.0380. The van der Waals surface area contributed by atoms with Crippen molar-refractivity contribution in [3.8, 4) is 0 Å². The number of nitrogens with zero attached hydrogens (tertiary/aromatic N) is 2. The molecule has 3 aromatic rings. The fourth-order valence-corrected chi connectivity index (χ4v) is 2.77. The number of nitrogens with two attached hydrogens (primary N) is 1. The van der Waals surface area contributed by atoms with Gasteiger partial charge in [-0.05, 0) is 29.8 Å². The monoisotopic (exact) mass is 365 g/mol. The minimum atomic E-state index is -0.544. The summed E-state index contributed by atoms with van der Waals surface area (Å²) in [4.78, 5) is 28.1. The summed E-state index contributed by atoms with van der Waals surface area (Å²) in [5.74, 6) is -1.08. The lowest BCUT2D eigenvalue weighted by Crippen LogP contribution is -2.29. The molecule has 0 radical (unpaired) electrons. The highest BCUT2D eigenvalue weighted by Crippen LogP contribution is 2.25. The fraction of sp³-hybridized carbons (Fsp3) is 0.150. The molecule has 0 aliphatic heterocycles. The average Bonchev–Trinajstić information content (AvgIpc) is 2.67. The number of aliphatic hydroxyl groups excluding tert-OH is 1. The van der Waals surface area contributed by atoms with Crippen molar-refractivity contribution < 1.29 is 19.9 Å². The third-order valence-electron chi connectivity index (χ3n) is 4.18. The number of carbonyl (C=O) groups excluding carboxylic acids is 2. The number of aromatic nitrogens is 1. The lowest BCUT2D eigenvalue weighted by atomic mass is 10.1. The van der Waals surface area contributed by atoms with Gasteiger partial charge in [-0.3, -0.25) is 19.8 Å². The summed E-state index contributed by atoms with van der Waals surface area (Å²) in [6, 6.07) is 15.1. The van der Waals surface area contributed by atoms with Gasteiger partial charge in [-0.2, -0.15) is 5.06 Å². The van der Waals surface area contributed by atoms with E-state index in [0.717, 1.165) is 5.39 Å². The number of para-hydroxylation sites is 1. The molecule has 4 N–H and O–H groups in total. The molecular formula is C20H19N3O4. The first-order valence-electron chi connectivity index (χ1n) is 8.39. The summed E-state index contributed by atoms with van der Waals surface area (Å²) in [5.41, 5.74) is 7.60. The molecule has 138 valence electrons. The quantitative estimate of drug-likeness (QED) is 0.455. The Labute approximate surface area is 155 Å². The minimum Gasteiger partial charge on any atom is -0.396 e. The van der Waals surface area contributed by atoms with Crippen molar-refractivity contribution in [3.63, 3.8) is 0 Å². The van der Waals surface area contributed by atoms with Crippen LogP contribution in [0.2, 0.25) is 0 Å². The molecule has 3 rings (SSSR count). The number of carbonyl (C=O) groups is 2. The van der Waals surface area contributed by atoms with Gasteiger partial charge >= 0.3 is 0 Å². The van der Waals surface area contributed by atoms with Crippen LogP contribution in [0.25, 0.3) is 10.9 Å². The smallest absolute Gasteiger partial charge is 0.255 e. The number of hydroxylamine groups is 1. The van der Waals surface area contributed by atoms with Gasteiger partial charge in [0.15, 0.2) is 0 Å². The van der Waals surface area contributed by atoms with Crippen LogP contribution in [0.1, 0.15) is 21.6 Å². The third kappa shape index (κ3) is 4.11. The predicted molar refractivity (Wildman–Crippen MR) is 100 cm³/mol. The second kappa shape index (κ2) is 7.94. The molecule has 0 saturated carbocycles. The molecular weight excluding hydrogens is 346 g/mol. The molecule has 7 nitrogen and oxygen atoms in total. The number of primary amides is 1. The number of benzene rings is 2. The van der Waals surface area contributed by atoms with Crippen molar-refractivity contribution >= 4 is 28.4 Å². The lowest BCUT2D eigenvalue weighted by molar-refractivity contribution is -0.122. The van der Waals surface area contributed by atoms with Crippen molar-refractivity contribution in [3.05, 3.63) is 71.4 Å². The van der Waals surface area contributed by atoms with Crippen LogP contribution in [0.5, 0.6) is 0 Å². The van der Waals surface area contributed by atoms with Crippen molar-refractivity contribution in [1.29, 1.82) is 0 Å². The van der Waals surface area contributed by atoms with Crippen LogP contribution in [-0.2, 0) is 17.6 Å². The Kier molecular flexibility index (Phi) is 5.44. The molecule has 7 heteroatoms. The van der Waals surface area contributed by atoms with E-state index in [0.29, 0.717) is 33.8 Å². The zero-order valence-corrected chi connectivity index (χ0v) is 14.5. The van der Waals surface area contributed by atoms with Crippen LogP contribution in [0.15, 0.2) is 54.6 Å². The molecule has 0 saturated heterocycles. The Bertz CT molecular complexity index is 986. The van der Waals surface area contributed by atoms with E-state index in [1.54, 1.807) is 30.3 Å². The predicted octanol–water partition coefficient (Wildman–Crippen LogP) is 1.83. The van der Waals surface area contributed by atoms with E-state index in [2.05, 4.69) is 4.98 Å². The van der Waals surface area contributed by atoms with E-state index in [9.17, 15) is 14.8 Å². The third-order valence-corrected chi connectivity index (χ3v) is 4.18. The molecule has 0 spiro atoms. The first kappa shape index (κ1) is 18.5. The SMILES string of the molecule is NC(=O)c1ccc(CC(=O)N(O)c2cccc3ccc(CCO)nc23)cc1. The van der Waals surface area contributed by atoms with Gasteiger partial charge < -0.3 is 10.8 Å². The van der Waals surface area contributed by atoms with Crippen LogP contribution in [-0.4, -0.2) is 33.7 Å². The largest absolute Gasteiger partial charge is 0.396 e. The van der Waals surface area contributed by atoms with Crippen LogP contribution in [0.4, 0.5) is 5.69 Å². The van der Waals surface area contributed by atoms with Gasteiger partial charge in [0.25, 0.3) is 5.91 Å². The lowest BCUT2D eigenvalue weighted by Gasteiger charge is -2.17. The number of hydrogen-bond acceptors (Lipinski definition) is 5. The first-order chi connectivity index (χ1) is 13.0. The zero-order valence-electron chi connectivity index (χ0n) is 14.5. The maximum atomic E-state index is 12.5. The summed E-state index contributed by atoms with van der Waals surface area (Å²) >= 11 is 0. The first-order valence-corrected chi connectivity index (χ1v) is 8.39. The molecule has 0 fully saturated rings. The molecule has 0 aliphatic carbocycles. The molecule has 2 aromatic carbocycles. The van der Waals surface area contributed by atoms with Crippen LogP contribution in [0, 0.1) is 0 Å². The van der Waals surface area contributed by atoms with Crippen molar-refractivity contribution in [2.24, 2.45) is 5.73 Å². The summed E-state index contributed by atoms with van der Waals surface area (Å²) in [6.07, 6.45) is 0.331. The Morgan fingerprint density at radius 3 is 2.44 bits per heavy atom. The van der Waals surface area contributed by atoms with E-state index in [4.69, 9.17) is 10.8 Å². The highest BCUT2D eigenvalue weighted by atomic mass is 16.5. The Hall–Kier alpha value is -3.29. The number of rotatable bonds is 6. The molecule has 1 heterocycles. The summed E-state index contributed by atoms with van der Waals surface area (Å²) in [7, 11) is 0. The fourth-order valence-electron chi connectivity index (χ4n) is 2.77. The van der Waals surface area contributed by atoms with Gasteiger partial charge in [0.2, 0.25) is 5.91 Å². The van der Waals surface area contributed by atoms with Crippen LogP contribution >= 0.6 is 0 Å². The molecule has 27 heavy (non-hydrogen) atoms. The standard InChI is InChI=1S/C20H19N3O4/c21-20(26)15-6-4-13(5-7-15)12-18(25)23(27)17-3-1-2-14-8-9-16(10-11-24)22-19(14)17/h1-9,24,27H,10-12H2,(H2,21,26). The molecule has 0 aliphatic rings. The number of anilines is 1. The van der Waals surface area contributed by atoms with E-state index in [1.807, 2.05) is 12.1 Å². The molecule has 0 atom stereocenters. The number of fused-ring (bicyclic) bond motifs is 1. The second-order valence-electron chi connectivity index (χ2n) is 6.07. The van der Waals surface area contributed by atoms with Crippen LogP contribution in [0.3, 0.4) is 0 Å². The van der Waals surface area contributed by atoms with Crippen LogP contribution < -0.4 is 10.8 Å². The van der Waals surface area contributed by atoms with Gasteiger partial charge in [0, 0.05) is 29.7 Å². The minimum absolute atomic E-state index is 0.0380.